The summed E-state index contributed by atoms with van der Waals surface area (Å²) in [5.41, 5.74) is 1.50. The van der Waals surface area contributed by atoms with Gasteiger partial charge in [0.05, 0.1) is 0 Å². The highest BCUT2D eigenvalue weighted by Gasteiger charge is 2.25. The summed E-state index contributed by atoms with van der Waals surface area (Å²) in [6.07, 6.45) is 0. The number of nitrogens with zero attached hydrogens (tertiary/aromatic N) is 2. The maximum atomic E-state index is 12.7. The number of carbonyl (C=O) groups is 3. The maximum Gasteiger partial charge on any atom is 0.254 e. The van der Waals surface area contributed by atoms with Crippen molar-refractivity contribution >= 4 is 23.4 Å². The number of phenolic OH excluding ortho intramolecular Hbond substituents is 1. The fourth-order valence-corrected chi connectivity index (χ4v) is 3.05. The van der Waals surface area contributed by atoms with Crippen molar-refractivity contribution in [3.8, 4) is 5.75 Å². The van der Waals surface area contributed by atoms with E-state index in [2.05, 4.69) is 5.32 Å². The van der Waals surface area contributed by atoms with E-state index < -0.39 is 0 Å². The first-order chi connectivity index (χ1) is 12.9. The summed E-state index contributed by atoms with van der Waals surface area (Å²) in [5, 5.41) is 12.2. The first-order valence-electron chi connectivity index (χ1n) is 8.69. The molecule has 7 nitrogen and oxygen atoms in total. The van der Waals surface area contributed by atoms with Gasteiger partial charge in [-0.1, -0.05) is 12.1 Å². The third-order valence-corrected chi connectivity index (χ3v) is 4.38. The Kier molecular flexibility index (Phi) is 5.40. The Hall–Kier alpha value is -3.35. The normalized spacial score (nSPS) is 14.0. The van der Waals surface area contributed by atoms with Crippen LogP contribution in [0.4, 0.5) is 5.69 Å². The minimum Gasteiger partial charge on any atom is -0.508 e. The Morgan fingerprint density at radius 3 is 1.89 bits per heavy atom. The predicted molar refractivity (Wildman–Crippen MR) is 101 cm³/mol. The van der Waals surface area contributed by atoms with Crippen LogP contribution in [0.1, 0.15) is 27.6 Å². The summed E-state index contributed by atoms with van der Waals surface area (Å²) in [6, 6.07) is 13.0. The van der Waals surface area contributed by atoms with Crippen LogP contribution in [-0.2, 0) is 4.79 Å². The Morgan fingerprint density at radius 2 is 1.37 bits per heavy atom. The molecule has 2 aromatic rings. The third kappa shape index (κ3) is 4.44. The molecule has 1 aliphatic heterocycles. The van der Waals surface area contributed by atoms with E-state index in [0.717, 1.165) is 0 Å². The second kappa shape index (κ2) is 7.90. The van der Waals surface area contributed by atoms with Crippen molar-refractivity contribution in [2.45, 2.75) is 6.92 Å². The summed E-state index contributed by atoms with van der Waals surface area (Å²) in [4.78, 5) is 39.8. The first kappa shape index (κ1) is 18.4. The number of aromatic hydroxyl groups is 1. The predicted octanol–water partition coefficient (Wildman–Crippen LogP) is 1.95. The molecule has 0 atom stereocenters. The lowest BCUT2D eigenvalue weighted by molar-refractivity contribution is -0.114. The zero-order valence-electron chi connectivity index (χ0n) is 15.0. The number of nitrogens with one attached hydrogen (secondary N) is 1. The van der Waals surface area contributed by atoms with Gasteiger partial charge < -0.3 is 20.2 Å². The maximum absolute atomic E-state index is 12.7. The van der Waals surface area contributed by atoms with Gasteiger partial charge in [-0.2, -0.15) is 0 Å². The van der Waals surface area contributed by atoms with Crippen LogP contribution >= 0.6 is 0 Å². The van der Waals surface area contributed by atoms with Gasteiger partial charge in [-0.25, -0.2) is 0 Å². The van der Waals surface area contributed by atoms with E-state index >= 15 is 0 Å². The van der Waals surface area contributed by atoms with Gasteiger partial charge >= 0.3 is 0 Å². The zero-order valence-corrected chi connectivity index (χ0v) is 15.0. The topological polar surface area (TPSA) is 90.0 Å². The molecule has 1 aliphatic rings. The van der Waals surface area contributed by atoms with Crippen LogP contribution in [0.25, 0.3) is 0 Å². The standard InChI is InChI=1S/C20H21N3O4/c1-14(24)21-17-6-2-4-15(12-17)19(26)22-8-10-23(11-9-22)20(27)16-5-3-7-18(25)13-16/h2-7,12-13,25H,8-11H2,1H3,(H,21,24). The summed E-state index contributed by atoms with van der Waals surface area (Å²) >= 11 is 0. The number of rotatable bonds is 3. The molecule has 140 valence electrons. The molecule has 0 aliphatic carbocycles. The molecule has 3 rings (SSSR count). The molecule has 3 amide bonds. The average Bonchev–Trinajstić information content (AvgIpc) is 2.66. The lowest BCUT2D eigenvalue weighted by atomic mass is 10.1. The van der Waals surface area contributed by atoms with E-state index in [9.17, 15) is 19.5 Å². The van der Waals surface area contributed by atoms with Crippen molar-refractivity contribution in [2.24, 2.45) is 0 Å². The van der Waals surface area contributed by atoms with Crippen LogP contribution in [0.15, 0.2) is 48.5 Å². The molecule has 0 spiro atoms. The highest BCUT2D eigenvalue weighted by molar-refractivity contribution is 5.97. The lowest BCUT2D eigenvalue weighted by Gasteiger charge is -2.35. The highest BCUT2D eigenvalue weighted by Crippen LogP contribution is 2.17. The molecule has 1 heterocycles. The molecular formula is C20H21N3O4. The summed E-state index contributed by atoms with van der Waals surface area (Å²) in [7, 11) is 0. The number of amides is 3. The number of benzene rings is 2. The van der Waals surface area contributed by atoms with E-state index in [1.807, 2.05) is 0 Å². The minimum absolute atomic E-state index is 0.0497. The Balaban J connectivity index is 1.62. The molecular weight excluding hydrogens is 346 g/mol. The van der Waals surface area contributed by atoms with Crippen molar-refractivity contribution in [2.75, 3.05) is 31.5 Å². The zero-order chi connectivity index (χ0) is 19.4. The second-order valence-corrected chi connectivity index (χ2v) is 6.40. The third-order valence-electron chi connectivity index (χ3n) is 4.38. The van der Waals surface area contributed by atoms with Crippen LogP contribution in [0.3, 0.4) is 0 Å². The molecule has 7 heteroatoms. The van der Waals surface area contributed by atoms with Crippen LogP contribution in [0, 0.1) is 0 Å². The quantitative estimate of drug-likeness (QED) is 0.868. The lowest BCUT2D eigenvalue weighted by Crippen LogP contribution is -2.50. The van der Waals surface area contributed by atoms with Crippen LogP contribution in [0.2, 0.25) is 0 Å². The summed E-state index contributed by atoms with van der Waals surface area (Å²) in [6.45, 7) is 3.11. The summed E-state index contributed by atoms with van der Waals surface area (Å²) in [5.74, 6) is -0.440. The molecule has 2 N–H and O–H groups in total. The van der Waals surface area contributed by atoms with E-state index in [-0.39, 0.29) is 23.5 Å². The average molecular weight is 367 g/mol. The summed E-state index contributed by atoms with van der Waals surface area (Å²) < 4.78 is 0. The monoisotopic (exact) mass is 367 g/mol. The van der Waals surface area contributed by atoms with Gasteiger partial charge in [-0.3, -0.25) is 14.4 Å². The molecule has 0 unspecified atom stereocenters. The van der Waals surface area contributed by atoms with Crippen LogP contribution in [-0.4, -0.2) is 58.8 Å². The van der Waals surface area contributed by atoms with E-state index in [1.165, 1.54) is 19.1 Å². The van der Waals surface area contributed by atoms with E-state index in [4.69, 9.17) is 0 Å². The minimum atomic E-state index is -0.196. The van der Waals surface area contributed by atoms with Gasteiger partial charge in [0, 0.05) is 49.9 Å². The van der Waals surface area contributed by atoms with Gasteiger partial charge in [0.2, 0.25) is 5.91 Å². The van der Waals surface area contributed by atoms with Crippen molar-refractivity contribution in [3.05, 3.63) is 59.7 Å². The van der Waals surface area contributed by atoms with Crippen molar-refractivity contribution < 1.29 is 19.5 Å². The van der Waals surface area contributed by atoms with Crippen molar-refractivity contribution in [1.82, 2.24) is 9.80 Å². The number of hydrogen-bond donors (Lipinski definition) is 2. The number of hydrogen-bond acceptors (Lipinski definition) is 4. The van der Waals surface area contributed by atoms with Gasteiger partial charge in [0.15, 0.2) is 0 Å². The Bertz CT molecular complexity index is 873. The first-order valence-corrected chi connectivity index (χ1v) is 8.69. The van der Waals surface area contributed by atoms with Gasteiger partial charge in [-0.05, 0) is 36.4 Å². The van der Waals surface area contributed by atoms with E-state index in [0.29, 0.717) is 43.0 Å². The molecule has 0 radical (unpaired) electrons. The number of carbonyl (C=O) groups excluding carboxylic acids is 3. The molecule has 2 aromatic carbocycles. The number of phenols is 1. The van der Waals surface area contributed by atoms with Crippen molar-refractivity contribution in [1.29, 1.82) is 0 Å². The Labute approximate surface area is 157 Å². The van der Waals surface area contributed by atoms with E-state index in [1.54, 1.807) is 46.2 Å². The van der Waals surface area contributed by atoms with Crippen LogP contribution in [0.5, 0.6) is 5.75 Å². The van der Waals surface area contributed by atoms with Gasteiger partial charge in [-0.15, -0.1) is 0 Å². The van der Waals surface area contributed by atoms with Gasteiger partial charge in [0.1, 0.15) is 5.75 Å². The molecule has 0 bridgehead atoms. The fourth-order valence-electron chi connectivity index (χ4n) is 3.05. The van der Waals surface area contributed by atoms with Crippen molar-refractivity contribution in [3.63, 3.8) is 0 Å². The SMILES string of the molecule is CC(=O)Nc1cccc(C(=O)N2CCN(C(=O)c3cccc(O)c3)CC2)c1. The molecule has 0 aromatic heterocycles. The highest BCUT2D eigenvalue weighted by atomic mass is 16.3. The molecule has 0 saturated carbocycles. The smallest absolute Gasteiger partial charge is 0.254 e. The van der Waals surface area contributed by atoms with Gasteiger partial charge in [0.25, 0.3) is 11.8 Å². The van der Waals surface area contributed by atoms with Crippen LogP contribution < -0.4 is 5.32 Å². The Morgan fingerprint density at radius 1 is 0.852 bits per heavy atom. The fraction of sp³-hybridized carbons (Fsp3) is 0.250. The largest absolute Gasteiger partial charge is 0.508 e. The number of anilines is 1. The molecule has 27 heavy (non-hydrogen) atoms. The number of piperazine rings is 1. The molecule has 1 fully saturated rings. The second-order valence-electron chi connectivity index (χ2n) is 6.40. The molecule has 1 saturated heterocycles.